The van der Waals surface area contributed by atoms with Gasteiger partial charge in [0.25, 0.3) is 11.8 Å². The van der Waals surface area contributed by atoms with Crippen LogP contribution in [-0.2, 0) is 0 Å². The maximum absolute atomic E-state index is 12.5. The summed E-state index contributed by atoms with van der Waals surface area (Å²) in [6.07, 6.45) is 0. The van der Waals surface area contributed by atoms with Crippen LogP contribution in [0.15, 0.2) is 17.5 Å². The van der Waals surface area contributed by atoms with Gasteiger partial charge in [-0.05, 0) is 26.0 Å². The predicted octanol–water partition coefficient (Wildman–Crippen LogP) is 2.54. The van der Waals surface area contributed by atoms with Gasteiger partial charge in [0.05, 0.1) is 4.88 Å². The highest BCUT2D eigenvalue weighted by Gasteiger charge is 2.27. The number of rotatable bonds is 4. The van der Waals surface area contributed by atoms with Crippen molar-refractivity contribution in [2.24, 2.45) is 0 Å². The van der Waals surface area contributed by atoms with Crippen LogP contribution in [0.4, 0.5) is 5.13 Å². The van der Waals surface area contributed by atoms with Gasteiger partial charge in [-0.2, -0.15) is 0 Å². The van der Waals surface area contributed by atoms with Gasteiger partial charge in [0.15, 0.2) is 5.13 Å². The van der Waals surface area contributed by atoms with Crippen LogP contribution in [0.25, 0.3) is 0 Å². The number of aromatic nitrogens is 1. The zero-order valence-corrected chi connectivity index (χ0v) is 15.4. The fraction of sp³-hybridized carbons (Fsp3) is 0.438. The lowest BCUT2D eigenvalue weighted by molar-refractivity contribution is 0.0535. The average molecular weight is 364 g/mol. The molecule has 2 aromatic heterocycles. The molecule has 2 amide bonds. The normalized spacial score (nSPS) is 14.8. The van der Waals surface area contributed by atoms with E-state index in [4.69, 9.17) is 0 Å². The number of carbonyl (C=O) groups excluding carboxylic acids is 2. The second kappa shape index (κ2) is 7.31. The van der Waals surface area contributed by atoms with E-state index >= 15 is 0 Å². The molecule has 3 rings (SSSR count). The second-order valence-electron chi connectivity index (χ2n) is 5.56. The SMILES string of the molecule is CCNc1nc(C(=O)N2CCN(C(=O)c3ccc(C)s3)CC2)cs1. The summed E-state index contributed by atoms with van der Waals surface area (Å²) in [6.45, 7) is 6.98. The van der Waals surface area contributed by atoms with E-state index < -0.39 is 0 Å². The third-order valence-electron chi connectivity index (χ3n) is 3.86. The first-order chi connectivity index (χ1) is 11.6. The summed E-state index contributed by atoms with van der Waals surface area (Å²) in [6, 6.07) is 3.83. The summed E-state index contributed by atoms with van der Waals surface area (Å²) in [5.74, 6) is -0.00207. The van der Waals surface area contributed by atoms with Crippen molar-refractivity contribution < 1.29 is 9.59 Å². The monoisotopic (exact) mass is 364 g/mol. The zero-order chi connectivity index (χ0) is 17.1. The molecule has 1 aliphatic rings. The summed E-state index contributed by atoms with van der Waals surface area (Å²) in [5, 5.41) is 5.66. The smallest absolute Gasteiger partial charge is 0.273 e. The largest absolute Gasteiger partial charge is 0.362 e. The molecule has 6 nitrogen and oxygen atoms in total. The van der Waals surface area contributed by atoms with Gasteiger partial charge in [0.2, 0.25) is 0 Å². The van der Waals surface area contributed by atoms with Gasteiger partial charge in [0.1, 0.15) is 5.69 Å². The molecule has 0 unspecified atom stereocenters. The minimum atomic E-state index is -0.0607. The summed E-state index contributed by atoms with van der Waals surface area (Å²) in [4.78, 5) is 34.8. The number of hydrogen-bond acceptors (Lipinski definition) is 6. The Morgan fingerprint density at radius 1 is 1.17 bits per heavy atom. The Balaban J connectivity index is 1.58. The molecule has 1 fully saturated rings. The van der Waals surface area contributed by atoms with E-state index in [0.29, 0.717) is 31.9 Å². The van der Waals surface area contributed by atoms with Crippen molar-refractivity contribution in [2.45, 2.75) is 13.8 Å². The van der Waals surface area contributed by atoms with E-state index in [-0.39, 0.29) is 11.8 Å². The second-order valence-corrected chi connectivity index (χ2v) is 7.71. The van der Waals surface area contributed by atoms with Crippen molar-refractivity contribution in [3.05, 3.63) is 33.0 Å². The van der Waals surface area contributed by atoms with E-state index in [1.54, 1.807) is 10.3 Å². The van der Waals surface area contributed by atoms with Crippen molar-refractivity contribution in [1.82, 2.24) is 14.8 Å². The lowest BCUT2D eigenvalue weighted by Gasteiger charge is -2.34. The molecule has 8 heteroatoms. The maximum Gasteiger partial charge on any atom is 0.273 e. The topological polar surface area (TPSA) is 65.5 Å². The minimum Gasteiger partial charge on any atom is -0.362 e. The molecule has 3 heterocycles. The molecule has 0 aromatic carbocycles. The van der Waals surface area contributed by atoms with Crippen LogP contribution in [0.3, 0.4) is 0 Å². The fourth-order valence-electron chi connectivity index (χ4n) is 2.58. The highest BCUT2D eigenvalue weighted by atomic mass is 32.1. The molecule has 24 heavy (non-hydrogen) atoms. The van der Waals surface area contributed by atoms with Crippen molar-refractivity contribution in [3.63, 3.8) is 0 Å². The van der Waals surface area contributed by atoms with Crippen LogP contribution < -0.4 is 5.32 Å². The van der Waals surface area contributed by atoms with Crippen molar-refractivity contribution in [1.29, 1.82) is 0 Å². The molecule has 1 N–H and O–H groups in total. The van der Waals surface area contributed by atoms with E-state index in [0.717, 1.165) is 21.4 Å². The summed E-state index contributed by atoms with van der Waals surface area (Å²) >= 11 is 2.95. The summed E-state index contributed by atoms with van der Waals surface area (Å²) < 4.78 is 0. The minimum absolute atomic E-state index is 0.0586. The Kier molecular flexibility index (Phi) is 5.15. The molecule has 2 aromatic rings. The first kappa shape index (κ1) is 16.9. The van der Waals surface area contributed by atoms with E-state index in [9.17, 15) is 9.59 Å². The molecule has 0 aliphatic carbocycles. The molecule has 1 aliphatic heterocycles. The molecule has 1 saturated heterocycles. The number of anilines is 1. The van der Waals surface area contributed by atoms with Crippen LogP contribution >= 0.6 is 22.7 Å². The quantitative estimate of drug-likeness (QED) is 0.905. The lowest BCUT2D eigenvalue weighted by atomic mass is 10.2. The molecule has 128 valence electrons. The molecule has 0 saturated carbocycles. The van der Waals surface area contributed by atoms with Gasteiger partial charge < -0.3 is 15.1 Å². The molecule has 0 radical (unpaired) electrons. The Bertz CT molecular complexity index is 732. The molecular formula is C16H20N4O2S2. The van der Waals surface area contributed by atoms with Crippen LogP contribution in [0.1, 0.15) is 32.0 Å². The van der Waals surface area contributed by atoms with Crippen LogP contribution in [0.2, 0.25) is 0 Å². The lowest BCUT2D eigenvalue weighted by Crippen LogP contribution is -2.50. The molecular weight excluding hydrogens is 344 g/mol. The van der Waals surface area contributed by atoms with Crippen LogP contribution in [0.5, 0.6) is 0 Å². The standard InChI is InChI=1S/C16H20N4O2S2/c1-3-17-16-18-12(10-23-16)14(21)19-6-8-20(9-7-19)15(22)13-5-4-11(2)24-13/h4-5,10H,3,6-9H2,1-2H3,(H,17,18). The van der Waals surface area contributed by atoms with Gasteiger partial charge in [-0.1, -0.05) is 0 Å². The maximum atomic E-state index is 12.5. The Morgan fingerprint density at radius 2 is 1.83 bits per heavy atom. The number of carbonyl (C=O) groups is 2. The number of piperazine rings is 1. The Labute approximate surface area is 149 Å². The zero-order valence-electron chi connectivity index (χ0n) is 13.7. The third-order valence-corrected chi connectivity index (χ3v) is 5.65. The summed E-state index contributed by atoms with van der Waals surface area (Å²) in [5.41, 5.74) is 0.476. The van der Waals surface area contributed by atoms with Gasteiger partial charge in [-0.15, -0.1) is 22.7 Å². The highest BCUT2D eigenvalue weighted by Crippen LogP contribution is 2.20. The number of hydrogen-bond donors (Lipinski definition) is 1. The predicted molar refractivity (Wildman–Crippen MR) is 97.1 cm³/mol. The van der Waals surface area contributed by atoms with E-state index in [2.05, 4.69) is 10.3 Å². The fourth-order valence-corrected chi connectivity index (χ4v) is 4.18. The highest BCUT2D eigenvalue weighted by molar-refractivity contribution is 7.14. The van der Waals surface area contributed by atoms with E-state index in [1.165, 1.54) is 22.7 Å². The number of aryl methyl sites for hydroxylation is 1. The van der Waals surface area contributed by atoms with Crippen LogP contribution in [-0.4, -0.2) is 59.3 Å². The van der Waals surface area contributed by atoms with Gasteiger partial charge in [-0.3, -0.25) is 9.59 Å². The number of amides is 2. The van der Waals surface area contributed by atoms with Gasteiger partial charge >= 0.3 is 0 Å². The molecule has 0 atom stereocenters. The number of thiophene rings is 1. The first-order valence-corrected chi connectivity index (χ1v) is 9.62. The number of nitrogens with one attached hydrogen (secondary N) is 1. The Morgan fingerprint density at radius 3 is 2.42 bits per heavy atom. The van der Waals surface area contributed by atoms with Gasteiger partial charge in [-0.25, -0.2) is 4.98 Å². The van der Waals surface area contributed by atoms with E-state index in [1.807, 2.05) is 30.9 Å². The van der Waals surface area contributed by atoms with Crippen molar-refractivity contribution >= 4 is 39.6 Å². The van der Waals surface area contributed by atoms with Gasteiger partial charge in [0, 0.05) is 43.0 Å². The van der Waals surface area contributed by atoms with Crippen molar-refractivity contribution in [2.75, 3.05) is 38.0 Å². The third kappa shape index (κ3) is 3.59. The number of thiazole rings is 1. The van der Waals surface area contributed by atoms with Crippen molar-refractivity contribution in [3.8, 4) is 0 Å². The molecule has 0 bridgehead atoms. The van der Waals surface area contributed by atoms with Crippen LogP contribution in [0, 0.1) is 6.92 Å². The number of nitrogens with zero attached hydrogens (tertiary/aromatic N) is 3. The molecule has 0 spiro atoms. The Hall–Kier alpha value is -1.93. The first-order valence-electron chi connectivity index (χ1n) is 7.93. The summed E-state index contributed by atoms with van der Waals surface area (Å²) in [7, 11) is 0. The average Bonchev–Trinajstić information content (AvgIpc) is 3.23.